The number of halogens is 3. The van der Waals surface area contributed by atoms with Gasteiger partial charge < -0.3 is 9.29 Å². The lowest BCUT2D eigenvalue weighted by atomic mass is 10.3. The van der Waals surface area contributed by atoms with E-state index in [1.807, 2.05) is 0 Å². The van der Waals surface area contributed by atoms with Crippen LogP contribution in [0.4, 0.5) is 13.2 Å². The van der Waals surface area contributed by atoms with Crippen LogP contribution in [0.1, 0.15) is 32.2 Å². The summed E-state index contributed by atoms with van der Waals surface area (Å²) in [7, 11) is 0. The number of ether oxygens (including phenoxy) is 1. The van der Waals surface area contributed by atoms with Gasteiger partial charge >= 0.3 is 6.18 Å². The van der Waals surface area contributed by atoms with Crippen molar-refractivity contribution in [1.29, 1.82) is 0 Å². The van der Waals surface area contributed by atoms with E-state index in [2.05, 4.69) is 14.1 Å². The third kappa shape index (κ3) is 6.34. The van der Waals surface area contributed by atoms with Gasteiger partial charge in [-0.25, -0.2) is 4.98 Å². The van der Waals surface area contributed by atoms with E-state index in [-0.39, 0.29) is 5.75 Å². The average Bonchev–Trinajstić information content (AvgIpc) is 2.32. The Labute approximate surface area is 124 Å². The lowest BCUT2D eigenvalue weighted by Gasteiger charge is -2.17. The van der Waals surface area contributed by atoms with Gasteiger partial charge in [-0.3, -0.25) is 0 Å². The number of hydrogen-bond acceptors (Lipinski definition) is 4. The zero-order valence-corrected chi connectivity index (χ0v) is 13.0. The van der Waals surface area contributed by atoms with E-state index >= 15 is 0 Å². The van der Waals surface area contributed by atoms with E-state index in [0.29, 0.717) is 11.4 Å². The molecule has 0 saturated carbocycles. The first kappa shape index (κ1) is 17.8. The molecule has 0 radical (unpaired) electrons. The molecule has 0 spiro atoms. The molecular formula is C13H17F3N2O2S. The minimum atomic E-state index is -4.39. The highest BCUT2D eigenvalue weighted by Gasteiger charge is 2.29. The topological polar surface area (TPSA) is 57.5 Å². The van der Waals surface area contributed by atoms with Crippen molar-refractivity contribution < 1.29 is 22.5 Å². The van der Waals surface area contributed by atoms with Gasteiger partial charge in [-0.1, -0.05) is 4.40 Å². The van der Waals surface area contributed by atoms with Crippen molar-refractivity contribution in [3.63, 3.8) is 0 Å². The van der Waals surface area contributed by atoms with E-state index in [0.717, 1.165) is 0 Å². The van der Waals surface area contributed by atoms with Crippen LogP contribution in [0.5, 0.6) is 5.75 Å². The summed E-state index contributed by atoms with van der Waals surface area (Å²) < 4.78 is 56.0. The van der Waals surface area contributed by atoms with Gasteiger partial charge in [0, 0.05) is 0 Å². The summed E-state index contributed by atoms with van der Waals surface area (Å²) in [4.78, 5) is 4.05. The summed E-state index contributed by atoms with van der Waals surface area (Å²) in [6.07, 6.45) is -3.06. The zero-order valence-electron chi connectivity index (χ0n) is 12.2. The van der Waals surface area contributed by atoms with Crippen molar-refractivity contribution in [3.8, 4) is 5.75 Å². The Balaban J connectivity index is 2.77. The molecule has 0 aliphatic heterocycles. The fourth-order valence-corrected chi connectivity index (χ4v) is 1.73. The van der Waals surface area contributed by atoms with Crippen molar-refractivity contribution in [2.75, 3.05) is 6.61 Å². The first-order valence-electron chi connectivity index (χ1n) is 6.12. The van der Waals surface area contributed by atoms with Gasteiger partial charge in [0.25, 0.3) is 0 Å². The molecule has 1 rings (SSSR count). The Kier molecular flexibility index (Phi) is 5.63. The summed E-state index contributed by atoms with van der Waals surface area (Å²) in [6, 6.07) is 2.84. The zero-order chi connectivity index (χ0) is 16.3. The standard InChI is InChI=1S/C13H17F3N2O2S/c1-9-11(20-8-13(14,15)16)6-5-10(18-9)7-17-21(19)12(2,3)4/h5-7H,8H2,1-4H3/b17-7+. The molecule has 0 aromatic carbocycles. The molecule has 0 N–H and O–H groups in total. The highest BCUT2D eigenvalue weighted by molar-refractivity contribution is 7.91. The van der Waals surface area contributed by atoms with Crippen LogP contribution in [0, 0.1) is 6.92 Å². The maximum atomic E-state index is 12.1. The van der Waals surface area contributed by atoms with Crippen LogP contribution in [0.2, 0.25) is 0 Å². The molecule has 118 valence electrons. The molecule has 0 saturated heterocycles. The summed E-state index contributed by atoms with van der Waals surface area (Å²) in [5, 5.41) is 0. The molecule has 0 fully saturated rings. The Bertz CT molecular complexity index is 513. The van der Waals surface area contributed by atoms with Gasteiger partial charge in [-0.2, -0.15) is 13.2 Å². The van der Waals surface area contributed by atoms with Gasteiger partial charge in [0.05, 0.1) is 11.4 Å². The molecule has 1 unspecified atom stereocenters. The van der Waals surface area contributed by atoms with Crippen molar-refractivity contribution in [1.82, 2.24) is 4.98 Å². The number of alkyl halides is 3. The number of hydrogen-bond donors (Lipinski definition) is 0. The van der Waals surface area contributed by atoms with Crippen LogP contribution >= 0.6 is 0 Å². The second-order valence-corrected chi connectivity index (χ2v) is 7.25. The molecular weight excluding hydrogens is 305 g/mol. The monoisotopic (exact) mass is 322 g/mol. The maximum Gasteiger partial charge on any atom is 0.422 e. The SMILES string of the molecule is Cc1nc(/C=N/[S+]([O-])C(C)(C)C)ccc1OCC(F)(F)F. The summed E-state index contributed by atoms with van der Waals surface area (Å²) >= 11 is -1.42. The molecule has 1 atom stereocenters. The molecule has 0 aliphatic rings. The van der Waals surface area contributed by atoms with Crippen molar-refractivity contribution in [2.24, 2.45) is 4.40 Å². The first-order valence-corrected chi connectivity index (χ1v) is 7.23. The van der Waals surface area contributed by atoms with Crippen LogP contribution in [0.25, 0.3) is 0 Å². The molecule has 8 heteroatoms. The molecule has 21 heavy (non-hydrogen) atoms. The predicted molar refractivity (Wildman–Crippen MR) is 76.0 cm³/mol. The number of pyridine rings is 1. The first-order chi connectivity index (χ1) is 9.49. The smallest absolute Gasteiger partial charge is 0.422 e. The Morgan fingerprint density at radius 1 is 1.33 bits per heavy atom. The van der Waals surface area contributed by atoms with Gasteiger partial charge in [-0.05, 0) is 39.8 Å². The molecule has 0 amide bonds. The minimum absolute atomic E-state index is 0.0569. The van der Waals surface area contributed by atoms with Crippen LogP contribution in [-0.4, -0.2) is 33.3 Å². The molecule has 1 heterocycles. The maximum absolute atomic E-state index is 12.1. The van der Waals surface area contributed by atoms with E-state index in [1.165, 1.54) is 25.3 Å². The van der Waals surface area contributed by atoms with Crippen LogP contribution in [-0.2, 0) is 11.4 Å². The van der Waals surface area contributed by atoms with E-state index in [9.17, 15) is 17.7 Å². The molecule has 1 aromatic rings. The van der Waals surface area contributed by atoms with Crippen molar-refractivity contribution in [2.45, 2.75) is 38.6 Å². The molecule has 0 aliphatic carbocycles. The number of nitrogens with zero attached hydrogens (tertiary/aromatic N) is 2. The van der Waals surface area contributed by atoms with Gasteiger partial charge in [0.1, 0.15) is 28.1 Å². The Morgan fingerprint density at radius 3 is 2.43 bits per heavy atom. The van der Waals surface area contributed by atoms with Gasteiger partial charge in [-0.15, -0.1) is 0 Å². The second kappa shape index (κ2) is 6.65. The fourth-order valence-electron chi connectivity index (χ4n) is 1.21. The van der Waals surface area contributed by atoms with E-state index in [4.69, 9.17) is 0 Å². The molecule has 1 aromatic heterocycles. The van der Waals surface area contributed by atoms with Crippen molar-refractivity contribution >= 4 is 17.6 Å². The average molecular weight is 322 g/mol. The lowest BCUT2D eigenvalue weighted by molar-refractivity contribution is -0.153. The van der Waals surface area contributed by atoms with Crippen LogP contribution < -0.4 is 4.74 Å². The summed E-state index contributed by atoms with van der Waals surface area (Å²) in [5.41, 5.74) is 0.717. The van der Waals surface area contributed by atoms with Gasteiger partial charge in [0.2, 0.25) is 0 Å². The Morgan fingerprint density at radius 2 is 1.95 bits per heavy atom. The Hall–Kier alpha value is -1.28. The number of rotatable bonds is 4. The summed E-state index contributed by atoms with van der Waals surface area (Å²) in [6.45, 7) is 5.52. The largest absolute Gasteiger partial charge is 0.591 e. The predicted octanol–water partition coefficient (Wildman–Crippen LogP) is 3.21. The minimum Gasteiger partial charge on any atom is -0.591 e. The second-order valence-electron chi connectivity index (χ2n) is 5.32. The third-order valence-corrected chi connectivity index (χ3v) is 3.60. The van der Waals surface area contributed by atoms with Crippen LogP contribution in [0.3, 0.4) is 0 Å². The lowest BCUT2D eigenvalue weighted by Crippen LogP contribution is -2.25. The number of aromatic nitrogens is 1. The number of aryl methyl sites for hydroxylation is 1. The molecule has 0 bridgehead atoms. The summed E-state index contributed by atoms with van der Waals surface area (Å²) in [5.74, 6) is 0.0569. The normalized spacial score (nSPS) is 14.5. The van der Waals surface area contributed by atoms with Crippen LogP contribution in [0.15, 0.2) is 16.5 Å². The van der Waals surface area contributed by atoms with Gasteiger partial charge in [0.15, 0.2) is 6.61 Å². The van der Waals surface area contributed by atoms with E-state index in [1.54, 1.807) is 20.8 Å². The quantitative estimate of drug-likeness (QED) is 0.632. The molecule has 4 nitrogen and oxygen atoms in total. The highest BCUT2D eigenvalue weighted by Crippen LogP contribution is 2.21. The third-order valence-electron chi connectivity index (χ3n) is 2.25. The highest BCUT2D eigenvalue weighted by atomic mass is 32.2. The fraction of sp³-hybridized carbons (Fsp3) is 0.538. The van der Waals surface area contributed by atoms with E-state index < -0.39 is 28.9 Å². The van der Waals surface area contributed by atoms with Crippen molar-refractivity contribution in [3.05, 3.63) is 23.5 Å².